The molecule has 1 fully saturated rings. The Labute approximate surface area is 154 Å². The van der Waals surface area contributed by atoms with Crippen molar-refractivity contribution in [1.82, 2.24) is 4.90 Å². The van der Waals surface area contributed by atoms with Crippen LogP contribution in [0.1, 0.15) is 43.2 Å². The quantitative estimate of drug-likeness (QED) is 0.659. The molecule has 5 heteroatoms. The Kier molecular flexibility index (Phi) is 5.27. The molecule has 26 heavy (non-hydrogen) atoms. The maximum atomic E-state index is 12.2. The molecule has 0 bridgehead atoms. The van der Waals surface area contributed by atoms with E-state index in [4.69, 9.17) is 14.9 Å². The van der Waals surface area contributed by atoms with E-state index in [0.717, 1.165) is 81.3 Å². The van der Waals surface area contributed by atoms with Crippen molar-refractivity contribution in [1.29, 1.82) is 0 Å². The van der Waals surface area contributed by atoms with Gasteiger partial charge in [-0.1, -0.05) is 0 Å². The van der Waals surface area contributed by atoms with E-state index in [9.17, 15) is 4.79 Å². The van der Waals surface area contributed by atoms with Crippen molar-refractivity contribution in [2.45, 2.75) is 51.0 Å². The van der Waals surface area contributed by atoms with Crippen LogP contribution in [-0.2, 0) is 12.8 Å². The molecule has 1 aliphatic heterocycles. The van der Waals surface area contributed by atoms with E-state index < -0.39 is 0 Å². The molecular formula is C21H28N2O3. The van der Waals surface area contributed by atoms with Crippen LogP contribution in [0, 0.1) is 0 Å². The monoisotopic (exact) mass is 356 g/mol. The van der Waals surface area contributed by atoms with Crippen LogP contribution in [0.3, 0.4) is 0 Å². The first kappa shape index (κ1) is 17.6. The molecule has 0 radical (unpaired) electrons. The molecule has 0 amide bonds. The molecule has 0 saturated carbocycles. The summed E-state index contributed by atoms with van der Waals surface area (Å²) in [6.07, 6.45) is 7.20. The topological polar surface area (TPSA) is 68.7 Å². The Bertz CT molecular complexity index is 822. The van der Waals surface area contributed by atoms with Gasteiger partial charge < -0.3 is 19.8 Å². The Morgan fingerprint density at radius 2 is 1.92 bits per heavy atom. The van der Waals surface area contributed by atoms with Gasteiger partial charge in [-0.3, -0.25) is 0 Å². The van der Waals surface area contributed by atoms with Crippen molar-refractivity contribution in [3.8, 4) is 5.75 Å². The number of rotatable bonds is 5. The van der Waals surface area contributed by atoms with Crippen LogP contribution >= 0.6 is 0 Å². The average molecular weight is 356 g/mol. The van der Waals surface area contributed by atoms with Gasteiger partial charge in [-0.2, -0.15) is 0 Å². The lowest BCUT2D eigenvalue weighted by atomic mass is 9.91. The molecule has 5 nitrogen and oxygen atoms in total. The largest absolute Gasteiger partial charge is 0.493 e. The van der Waals surface area contributed by atoms with E-state index in [0.29, 0.717) is 18.2 Å². The van der Waals surface area contributed by atoms with E-state index in [1.165, 1.54) is 5.56 Å². The van der Waals surface area contributed by atoms with Gasteiger partial charge in [0.1, 0.15) is 11.3 Å². The number of nitrogens with zero attached hydrogens (tertiary/aromatic N) is 1. The number of hydrogen-bond acceptors (Lipinski definition) is 5. The average Bonchev–Trinajstić information content (AvgIpc) is 2.67. The second-order valence-electron chi connectivity index (χ2n) is 7.59. The van der Waals surface area contributed by atoms with E-state index >= 15 is 0 Å². The predicted molar refractivity (Wildman–Crippen MR) is 103 cm³/mol. The highest BCUT2D eigenvalue weighted by molar-refractivity contribution is 5.82. The smallest absolute Gasteiger partial charge is 0.339 e. The van der Waals surface area contributed by atoms with Gasteiger partial charge in [-0.05, 0) is 75.7 Å². The SMILES string of the molecule is NC1CCN(CCCOc2ccc3c4c(c(=O)oc3c2)CCCC4)CC1. The van der Waals surface area contributed by atoms with E-state index in [1.807, 2.05) is 18.2 Å². The Balaban J connectivity index is 1.38. The predicted octanol–water partition coefficient (Wildman–Crippen LogP) is 2.86. The summed E-state index contributed by atoms with van der Waals surface area (Å²) < 4.78 is 11.5. The van der Waals surface area contributed by atoms with Crippen LogP contribution in [0.5, 0.6) is 5.75 Å². The third-order valence-electron chi connectivity index (χ3n) is 5.71. The number of hydrogen-bond donors (Lipinski definition) is 1. The first-order valence-electron chi connectivity index (χ1n) is 9.90. The summed E-state index contributed by atoms with van der Waals surface area (Å²) in [7, 11) is 0. The van der Waals surface area contributed by atoms with Crippen molar-refractivity contribution in [3.63, 3.8) is 0 Å². The highest BCUT2D eigenvalue weighted by atomic mass is 16.5. The third kappa shape index (κ3) is 3.79. The summed E-state index contributed by atoms with van der Waals surface area (Å²) in [6, 6.07) is 6.28. The van der Waals surface area contributed by atoms with Crippen LogP contribution in [0.25, 0.3) is 11.0 Å². The van der Waals surface area contributed by atoms with Crippen LogP contribution < -0.4 is 16.1 Å². The van der Waals surface area contributed by atoms with Gasteiger partial charge in [0.15, 0.2) is 0 Å². The van der Waals surface area contributed by atoms with Crippen molar-refractivity contribution in [3.05, 3.63) is 39.7 Å². The fraction of sp³-hybridized carbons (Fsp3) is 0.571. The van der Waals surface area contributed by atoms with Gasteiger partial charge in [0.05, 0.1) is 6.61 Å². The van der Waals surface area contributed by atoms with Gasteiger partial charge >= 0.3 is 5.63 Å². The number of nitrogens with two attached hydrogens (primary N) is 1. The minimum absolute atomic E-state index is 0.173. The van der Waals surface area contributed by atoms with Gasteiger partial charge in [0.25, 0.3) is 0 Å². The zero-order chi connectivity index (χ0) is 17.9. The van der Waals surface area contributed by atoms with E-state index in [2.05, 4.69) is 4.90 Å². The molecule has 1 saturated heterocycles. The summed E-state index contributed by atoms with van der Waals surface area (Å²) >= 11 is 0. The van der Waals surface area contributed by atoms with Crippen LogP contribution in [-0.4, -0.2) is 37.2 Å². The van der Waals surface area contributed by atoms with Crippen LogP contribution in [0.4, 0.5) is 0 Å². The lowest BCUT2D eigenvalue weighted by molar-refractivity contribution is 0.194. The van der Waals surface area contributed by atoms with Gasteiger partial charge in [0, 0.05) is 29.6 Å². The summed E-state index contributed by atoms with van der Waals surface area (Å²) in [4.78, 5) is 14.7. The molecule has 0 unspecified atom stereocenters. The number of likely N-dealkylation sites (tertiary alicyclic amines) is 1. The second-order valence-corrected chi connectivity index (χ2v) is 7.59. The highest BCUT2D eigenvalue weighted by Gasteiger charge is 2.18. The molecule has 2 aromatic rings. The highest BCUT2D eigenvalue weighted by Crippen LogP contribution is 2.29. The molecule has 140 valence electrons. The molecule has 4 rings (SSSR count). The number of benzene rings is 1. The van der Waals surface area contributed by atoms with Gasteiger partial charge in [-0.15, -0.1) is 0 Å². The second kappa shape index (κ2) is 7.80. The number of aryl methyl sites for hydroxylation is 1. The maximum absolute atomic E-state index is 12.2. The fourth-order valence-corrected chi connectivity index (χ4v) is 4.17. The van der Waals surface area contributed by atoms with Crippen molar-refractivity contribution in [2.75, 3.05) is 26.2 Å². The lowest BCUT2D eigenvalue weighted by Crippen LogP contribution is -2.40. The molecule has 0 atom stereocenters. The molecule has 2 N–H and O–H groups in total. The van der Waals surface area contributed by atoms with E-state index in [-0.39, 0.29) is 5.63 Å². The van der Waals surface area contributed by atoms with Gasteiger partial charge in [0.2, 0.25) is 0 Å². The maximum Gasteiger partial charge on any atom is 0.339 e. The van der Waals surface area contributed by atoms with Crippen molar-refractivity contribution < 1.29 is 9.15 Å². The first-order chi connectivity index (χ1) is 12.7. The molecule has 2 heterocycles. The van der Waals surface area contributed by atoms with E-state index in [1.54, 1.807) is 0 Å². The molecule has 1 aromatic carbocycles. The fourth-order valence-electron chi connectivity index (χ4n) is 4.17. The van der Waals surface area contributed by atoms with Crippen molar-refractivity contribution in [2.24, 2.45) is 5.73 Å². The Morgan fingerprint density at radius 1 is 1.15 bits per heavy atom. The number of piperidine rings is 1. The molecule has 1 aliphatic carbocycles. The standard InChI is InChI=1S/C21H28N2O3/c22-15-8-11-23(12-9-15)10-3-13-25-16-6-7-18-17-4-1-2-5-19(17)21(24)26-20(18)14-16/h6-7,14-15H,1-5,8-13,22H2. The summed E-state index contributed by atoms with van der Waals surface area (Å²) in [6.45, 7) is 3.90. The van der Waals surface area contributed by atoms with Crippen LogP contribution in [0.2, 0.25) is 0 Å². The molecule has 0 spiro atoms. The number of fused-ring (bicyclic) bond motifs is 3. The summed E-state index contributed by atoms with van der Waals surface area (Å²) in [5.74, 6) is 0.775. The minimum atomic E-state index is -0.173. The Hall–Kier alpha value is -1.85. The minimum Gasteiger partial charge on any atom is -0.493 e. The first-order valence-corrected chi connectivity index (χ1v) is 9.90. The van der Waals surface area contributed by atoms with Crippen molar-refractivity contribution >= 4 is 11.0 Å². The number of ether oxygens (including phenoxy) is 1. The summed E-state index contributed by atoms with van der Waals surface area (Å²) in [5, 5.41) is 1.07. The zero-order valence-corrected chi connectivity index (χ0v) is 15.3. The van der Waals surface area contributed by atoms with Gasteiger partial charge in [-0.25, -0.2) is 4.79 Å². The zero-order valence-electron chi connectivity index (χ0n) is 15.3. The lowest BCUT2D eigenvalue weighted by Gasteiger charge is -2.29. The molecular weight excluding hydrogens is 328 g/mol. The molecule has 1 aromatic heterocycles. The molecule has 2 aliphatic rings. The summed E-state index contributed by atoms with van der Waals surface area (Å²) in [5.41, 5.74) is 8.47. The normalized spacial score (nSPS) is 18.8. The van der Waals surface area contributed by atoms with Crippen LogP contribution in [0.15, 0.2) is 27.4 Å². The Morgan fingerprint density at radius 3 is 2.73 bits per heavy atom. The third-order valence-corrected chi connectivity index (χ3v) is 5.71.